The first-order valence-corrected chi connectivity index (χ1v) is 7.06. The summed E-state index contributed by atoms with van der Waals surface area (Å²) in [7, 11) is -0.879. The molecule has 1 N–H and O–H groups in total. The molecule has 2 heterocycles. The molecule has 2 rings (SSSR count). The average Bonchev–Trinajstić information content (AvgIpc) is 2.76. The van der Waals surface area contributed by atoms with Gasteiger partial charge in [-0.3, -0.25) is 14.9 Å². The molecule has 0 aromatic carbocycles. The maximum absolute atomic E-state index is 12.3. The van der Waals surface area contributed by atoms with E-state index in [1.807, 2.05) is 0 Å². The molecule has 1 aliphatic heterocycles. The molecule has 19 heavy (non-hydrogen) atoms. The summed E-state index contributed by atoms with van der Waals surface area (Å²) in [4.78, 5) is 26.5. The lowest BCUT2D eigenvalue weighted by atomic mass is 10.1. The van der Waals surface area contributed by atoms with Crippen molar-refractivity contribution >= 4 is 21.8 Å². The molecule has 1 aliphatic rings. The van der Waals surface area contributed by atoms with Gasteiger partial charge in [-0.15, -0.1) is 0 Å². The molecule has 1 aromatic heterocycles. The fraction of sp³-hybridized carbons (Fsp3) is 0.500. The molecule has 2 amide bonds. The zero-order valence-electron chi connectivity index (χ0n) is 10.5. The van der Waals surface area contributed by atoms with E-state index in [2.05, 4.69) is 10.3 Å². The van der Waals surface area contributed by atoms with Gasteiger partial charge in [0.2, 0.25) is 11.8 Å². The Morgan fingerprint density at radius 3 is 2.68 bits per heavy atom. The highest BCUT2D eigenvalue weighted by atomic mass is 32.2. The predicted octanol–water partition coefficient (Wildman–Crippen LogP) is -1.15. The summed E-state index contributed by atoms with van der Waals surface area (Å²) < 4.78 is 27.0. The lowest BCUT2D eigenvalue weighted by Gasteiger charge is -2.28. The van der Waals surface area contributed by atoms with Crippen LogP contribution in [0.3, 0.4) is 0 Å². The first-order chi connectivity index (χ1) is 8.82. The van der Waals surface area contributed by atoms with E-state index in [0.29, 0.717) is 0 Å². The molecule has 0 spiro atoms. The SMILES string of the molecule is CN(C1CCC(=O)NC1=O)S(=O)(=O)c1cn(C)cn1. The van der Waals surface area contributed by atoms with Crippen molar-refractivity contribution < 1.29 is 18.0 Å². The molecule has 1 saturated heterocycles. The van der Waals surface area contributed by atoms with E-state index in [1.165, 1.54) is 24.1 Å². The molecular formula is C10H14N4O4S. The summed E-state index contributed by atoms with van der Waals surface area (Å²) in [5.41, 5.74) is 0. The van der Waals surface area contributed by atoms with Crippen molar-refractivity contribution in [3.63, 3.8) is 0 Å². The van der Waals surface area contributed by atoms with Gasteiger partial charge in [-0.2, -0.15) is 4.31 Å². The van der Waals surface area contributed by atoms with Gasteiger partial charge in [-0.05, 0) is 6.42 Å². The second-order valence-corrected chi connectivity index (χ2v) is 6.31. The average molecular weight is 286 g/mol. The van der Waals surface area contributed by atoms with Crippen molar-refractivity contribution in [1.82, 2.24) is 19.2 Å². The number of imide groups is 1. The minimum Gasteiger partial charge on any atom is -0.339 e. The van der Waals surface area contributed by atoms with Crippen LogP contribution in [0.1, 0.15) is 12.8 Å². The lowest BCUT2D eigenvalue weighted by Crippen LogP contribution is -2.52. The van der Waals surface area contributed by atoms with Crippen LogP contribution in [0.25, 0.3) is 0 Å². The third-order valence-corrected chi connectivity index (χ3v) is 4.73. The van der Waals surface area contributed by atoms with Crippen molar-refractivity contribution in [3.05, 3.63) is 12.5 Å². The van der Waals surface area contributed by atoms with Crippen molar-refractivity contribution in [2.75, 3.05) is 7.05 Å². The molecule has 0 saturated carbocycles. The highest BCUT2D eigenvalue weighted by molar-refractivity contribution is 7.89. The summed E-state index contributed by atoms with van der Waals surface area (Å²) in [6, 6.07) is -0.885. The maximum atomic E-state index is 12.3. The minimum absolute atomic E-state index is 0.123. The zero-order valence-corrected chi connectivity index (χ0v) is 11.3. The molecule has 1 atom stereocenters. The number of rotatable bonds is 3. The number of likely N-dealkylation sites (N-methyl/N-ethyl adjacent to an activating group) is 1. The third-order valence-electron chi connectivity index (χ3n) is 2.97. The number of amides is 2. The quantitative estimate of drug-likeness (QED) is 0.707. The van der Waals surface area contributed by atoms with E-state index >= 15 is 0 Å². The third kappa shape index (κ3) is 2.51. The van der Waals surface area contributed by atoms with E-state index in [1.54, 1.807) is 7.05 Å². The number of carbonyl (C=O) groups is 2. The van der Waals surface area contributed by atoms with Crippen LogP contribution in [-0.4, -0.2) is 47.2 Å². The summed E-state index contributed by atoms with van der Waals surface area (Å²) in [5.74, 6) is -0.983. The lowest BCUT2D eigenvalue weighted by molar-refractivity contribution is -0.135. The van der Waals surface area contributed by atoms with Gasteiger partial charge in [0.1, 0.15) is 6.04 Å². The number of aromatic nitrogens is 2. The Hall–Kier alpha value is -1.74. The smallest absolute Gasteiger partial charge is 0.262 e. The van der Waals surface area contributed by atoms with Crippen LogP contribution in [-0.2, 0) is 26.7 Å². The number of sulfonamides is 1. The topological polar surface area (TPSA) is 101 Å². The van der Waals surface area contributed by atoms with Gasteiger partial charge >= 0.3 is 0 Å². The van der Waals surface area contributed by atoms with Crippen LogP contribution in [0.5, 0.6) is 0 Å². The normalized spacial score (nSPS) is 20.7. The van der Waals surface area contributed by atoms with Gasteiger partial charge < -0.3 is 4.57 Å². The number of hydrogen-bond donors (Lipinski definition) is 1. The number of piperidine rings is 1. The highest BCUT2D eigenvalue weighted by Crippen LogP contribution is 2.19. The van der Waals surface area contributed by atoms with Crippen molar-refractivity contribution in [2.45, 2.75) is 23.9 Å². The maximum Gasteiger partial charge on any atom is 0.262 e. The Kier molecular flexibility index (Phi) is 3.42. The number of nitrogens with zero attached hydrogens (tertiary/aromatic N) is 3. The summed E-state index contributed by atoms with van der Waals surface area (Å²) >= 11 is 0. The van der Waals surface area contributed by atoms with E-state index in [9.17, 15) is 18.0 Å². The number of aryl methyl sites for hydroxylation is 1. The molecule has 8 nitrogen and oxygen atoms in total. The molecule has 1 aromatic rings. The molecule has 0 radical (unpaired) electrons. The van der Waals surface area contributed by atoms with Gasteiger partial charge in [0.05, 0.1) is 6.33 Å². The number of carbonyl (C=O) groups excluding carboxylic acids is 2. The molecule has 0 aliphatic carbocycles. The van der Waals surface area contributed by atoms with Crippen LogP contribution in [0.4, 0.5) is 0 Å². The van der Waals surface area contributed by atoms with E-state index < -0.39 is 22.0 Å². The van der Waals surface area contributed by atoms with Gasteiger partial charge in [-0.25, -0.2) is 13.4 Å². The Labute approximate surface area is 110 Å². The number of imidazole rings is 1. The van der Waals surface area contributed by atoms with Crippen LogP contribution >= 0.6 is 0 Å². The molecule has 1 fully saturated rings. The van der Waals surface area contributed by atoms with E-state index in [-0.39, 0.29) is 23.8 Å². The van der Waals surface area contributed by atoms with Crippen molar-refractivity contribution in [2.24, 2.45) is 7.05 Å². The summed E-state index contributed by atoms with van der Waals surface area (Å²) in [6.07, 6.45) is 3.02. The highest BCUT2D eigenvalue weighted by Gasteiger charge is 2.37. The van der Waals surface area contributed by atoms with Gasteiger partial charge in [0.15, 0.2) is 5.03 Å². The van der Waals surface area contributed by atoms with Crippen LogP contribution < -0.4 is 5.32 Å². The van der Waals surface area contributed by atoms with Crippen LogP contribution in [0.2, 0.25) is 0 Å². The second kappa shape index (κ2) is 4.74. The van der Waals surface area contributed by atoms with Crippen molar-refractivity contribution in [1.29, 1.82) is 0 Å². The number of hydrogen-bond acceptors (Lipinski definition) is 5. The molecule has 1 unspecified atom stereocenters. The van der Waals surface area contributed by atoms with Crippen molar-refractivity contribution in [3.8, 4) is 0 Å². The Bertz CT molecular complexity index is 621. The minimum atomic E-state index is -3.84. The largest absolute Gasteiger partial charge is 0.339 e. The Balaban J connectivity index is 2.26. The summed E-state index contributed by atoms with van der Waals surface area (Å²) in [6.45, 7) is 0. The van der Waals surface area contributed by atoms with E-state index in [0.717, 1.165) is 4.31 Å². The van der Waals surface area contributed by atoms with Gasteiger partial charge in [0.25, 0.3) is 10.0 Å². The van der Waals surface area contributed by atoms with Gasteiger partial charge in [-0.1, -0.05) is 0 Å². The fourth-order valence-corrected chi connectivity index (χ4v) is 3.18. The second-order valence-electron chi connectivity index (χ2n) is 4.37. The molecule has 9 heteroatoms. The van der Waals surface area contributed by atoms with E-state index in [4.69, 9.17) is 0 Å². The Morgan fingerprint density at radius 2 is 2.16 bits per heavy atom. The molecule has 104 valence electrons. The monoisotopic (exact) mass is 286 g/mol. The van der Waals surface area contributed by atoms with Crippen LogP contribution in [0.15, 0.2) is 17.6 Å². The standard InChI is InChI=1S/C10H14N4O4S/c1-13-5-9(11-6-13)19(17,18)14(2)7-3-4-8(15)12-10(7)16/h5-7H,3-4H2,1-2H3,(H,12,15,16). The summed E-state index contributed by atoms with van der Waals surface area (Å²) in [5, 5.41) is 2.01. The van der Waals surface area contributed by atoms with Crippen LogP contribution in [0, 0.1) is 0 Å². The number of nitrogens with one attached hydrogen (secondary N) is 1. The van der Waals surface area contributed by atoms with Gasteiger partial charge in [0, 0.05) is 26.7 Å². The first kappa shape index (κ1) is 13.7. The Morgan fingerprint density at radius 1 is 1.47 bits per heavy atom. The predicted molar refractivity (Wildman–Crippen MR) is 64.3 cm³/mol. The molecular weight excluding hydrogens is 272 g/mol. The molecule has 0 bridgehead atoms. The fourth-order valence-electron chi connectivity index (χ4n) is 1.87. The first-order valence-electron chi connectivity index (χ1n) is 5.62. The zero-order chi connectivity index (χ0) is 14.2.